The molecule has 0 aliphatic carbocycles. The quantitative estimate of drug-likeness (QED) is 0.583. The normalized spacial score (nSPS) is 11.6. The summed E-state index contributed by atoms with van der Waals surface area (Å²) in [6, 6.07) is 13.6. The average Bonchev–Trinajstić information content (AvgIpc) is 2.76. The molecular formula is C26H36N2O3. The van der Waals surface area contributed by atoms with Gasteiger partial charge >= 0.3 is 0 Å². The van der Waals surface area contributed by atoms with Crippen LogP contribution in [0.15, 0.2) is 42.5 Å². The highest BCUT2D eigenvalue weighted by molar-refractivity contribution is 5.88. The van der Waals surface area contributed by atoms with Crippen molar-refractivity contribution in [2.45, 2.75) is 59.9 Å². The van der Waals surface area contributed by atoms with E-state index in [4.69, 9.17) is 4.74 Å². The van der Waals surface area contributed by atoms with Crippen LogP contribution in [-0.2, 0) is 16.0 Å². The molecule has 0 aromatic heterocycles. The van der Waals surface area contributed by atoms with Crippen molar-refractivity contribution in [3.05, 3.63) is 64.7 Å². The molecule has 5 heteroatoms. The Bertz CT molecular complexity index is 864. The third-order valence-corrected chi connectivity index (χ3v) is 5.53. The molecule has 2 rings (SSSR count). The molecule has 1 unspecified atom stereocenters. The van der Waals surface area contributed by atoms with Crippen molar-refractivity contribution in [1.29, 1.82) is 0 Å². The van der Waals surface area contributed by atoms with E-state index in [1.165, 1.54) is 0 Å². The average molecular weight is 425 g/mol. The number of hydrogen-bond donors (Lipinski definition) is 1. The van der Waals surface area contributed by atoms with E-state index in [-0.39, 0.29) is 18.4 Å². The van der Waals surface area contributed by atoms with E-state index in [0.29, 0.717) is 25.9 Å². The van der Waals surface area contributed by atoms with E-state index in [9.17, 15) is 9.59 Å². The maximum Gasteiger partial charge on any atom is 0.261 e. The highest BCUT2D eigenvalue weighted by atomic mass is 16.5. The van der Waals surface area contributed by atoms with Gasteiger partial charge in [0.15, 0.2) is 6.61 Å². The molecule has 1 N–H and O–H groups in total. The Morgan fingerprint density at radius 1 is 1.06 bits per heavy atom. The molecule has 1 atom stereocenters. The van der Waals surface area contributed by atoms with Crippen LogP contribution >= 0.6 is 0 Å². The van der Waals surface area contributed by atoms with Gasteiger partial charge in [-0.05, 0) is 68.4 Å². The molecule has 0 saturated carbocycles. The molecule has 2 amide bonds. The minimum absolute atomic E-state index is 0.0872. The molecule has 0 aliphatic rings. The molecule has 0 saturated heterocycles. The SMILES string of the molecule is CCCNC(=O)C(CC)N(CCc1ccccc1)C(=O)COc1cc(C)cc(C)c1C. The molecule has 168 valence electrons. The highest BCUT2D eigenvalue weighted by Crippen LogP contribution is 2.23. The number of nitrogens with one attached hydrogen (secondary N) is 1. The number of amides is 2. The van der Waals surface area contributed by atoms with Gasteiger partial charge in [-0.1, -0.05) is 50.2 Å². The molecule has 0 radical (unpaired) electrons. The van der Waals surface area contributed by atoms with Crippen molar-refractivity contribution in [2.24, 2.45) is 0 Å². The summed E-state index contributed by atoms with van der Waals surface area (Å²) in [5, 5.41) is 2.94. The topological polar surface area (TPSA) is 58.6 Å². The van der Waals surface area contributed by atoms with E-state index < -0.39 is 6.04 Å². The van der Waals surface area contributed by atoms with Crippen molar-refractivity contribution in [2.75, 3.05) is 19.7 Å². The summed E-state index contributed by atoms with van der Waals surface area (Å²) in [6.07, 6.45) is 2.10. The highest BCUT2D eigenvalue weighted by Gasteiger charge is 2.28. The second-order valence-electron chi connectivity index (χ2n) is 8.03. The van der Waals surface area contributed by atoms with Crippen LogP contribution in [0, 0.1) is 20.8 Å². The van der Waals surface area contributed by atoms with Gasteiger partial charge in [-0.2, -0.15) is 0 Å². The minimum atomic E-state index is -0.508. The Kier molecular flexibility index (Phi) is 9.57. The number of hydrogen-bond acceptors (Lipinski definition) is 3. The first kappa shape index (κ1) is 24.4. The summed E-state index contributed by atoms with van der Waals surface area (Å²) >= 11 is 0. The number of benzene rings is 2. The first-order valence-electron chi connectivity index (χ1n) is 11.2. The maximum atomic E-state index is 13.2. The Labute approximate surface area is 186 Å². The van der Waals surface area contributed by atoms with Crippen molar-refractivity contribution >= 4 is 11.8 Å². The van der Waals surface area contributed by atoms with E-state index in [2.05, 4.69) is 11.4 Å². The van der Waals surface area contributed by atoms with Crippen LogP contribution in [0.5, 0.6) is 5.75 Å². The van der Waals surface area contributed by atoms with Gasteiger partial charge in [0.2, 0.25) is 5.91 Å². The first-order chi connectivity index (χ1) is 14.9. The fraction of sp³-hybridized carbons (Fsp3) is 0.462. The van der Waals surface area contributed by atoms with Gasteiger partial charge in [-0.25, -0.2) is 0 Å². The fourth-order valence-corrected chi connectivity index (χ4v) is 3.64. The molecule has 0 fully saturated rings. The lowest BCUT2D eigenvalue weighted by Crippen LogP contribution is -2.51. The van der Waals surface area contributed by atoms with E-state index in [0.717, 1.165) is 34.4 Å². The van der Waals surface area contributed by atoms with Crippen molar-refractivity contribution in [1.82, 2.24) is 10.2 Å². The molecule has 0 bridgehead atoms. The molecule has 5 nitrogen and oxygen atoms in total. The molecule has 0 aliphatic heterocycles. The van der Waals surface area contributed by atoms with Crippen LogP contribution in [0.2, 0.25) is 0 Å². The van der Waals surface area contributed by atoms with Crippen LogP contribution in [0.25, 0.3) is 0 Å². The summed E-state index contributed by atoms with van der Waals surface area (Å²) in [6.45, 7) is 11.0. The lowest BCUT2D eigenvalue weighted by molar-refractivity contribution is -0.142. The molecule has 2 aromatic rings. The Balaban J connectivity index is 2.17. The van der Waals surface area contributed by atoms with Crippen LogP contribution in [0.1, 0.15) is 48.9 Å². The molecule has 0 heterocycles. The number of aryl methyl sites for hydroxylation is 2. The van der Waals surface area contributed by atoms with Gasteiger partial charge in [0.05, 0.1) is 0 Å². The van der Waals surface area contributed by atoms with E-state index in [1.807, 2.05) is 71.0 Å². The summed E-state index contributed by atoms with van der Waals surface area (Å²) in [4.78, 5) is 27.7. The minimum Gasteiger partial charge on any atom is -0.483 e. The van der Waals surface area contributed by atoms with Crippen molar-refractivity contribution < 1.29 is 14.3 Å². The van der Waals surface area contributed by atoms with Crippen molar-refractivity contribution in [3.8, 4) is 5.75 Å². The number of carbonyl (C=O) groups is 2. The van der Waals surface area contributed by atoms with Gasteiger partial charge in [0.1, 0.15) is 11.8 Å². The van der Waals surface area contributed by atoms with Crippen LogP contribution in [0.3, 0.4) is 0 Å². The van der Waals surface area contributed by atoms with Gasteiger partial charge in [-0.15, -0.1) is 0 Å². The summed E-state index contributed by atoms with van der Waals surface area (Å²) in [7, 11) is 0. The Morgan fingerprint density at radius 3 is 2.42 bits per heavy atom. The van der Waals surface area contributed by atoms with Gasteiger partial charge in [0, 0.05) is 13.1 Å². The van der Waals surface area contributed by atoms with Gasteiger partial charge in [0.25, 0.3) is 5.91 Å². The second-order valence-corrected chi connectivity index (χ2v) is 8.03. The Morgan fingerprint density at radius 2 is 1.77 bits per heavy atom. The number of nitrogens with zero attached hydrogens (tertiary/aromatic N) is 1. The number of rotatable bonds is 11. The zero-order valence-corrected chi connectivity index (χ0v) is 19.5. The zero-order chi connectivity index (χ0) is 22.8. The predicted octanol–water partition coefficient (Wildman–Crippen LogP) is 4.37. The Hall–Kier alpha value is -2.82. The summed E-state index contributed by atoms with van der Waals surface area (Å²) in [5.74, 6) is 0.443. The third kappa shape index (κ3) is 7.12. The molecular weight excluding hydrogens is 388 g/mol. The first-order valence-corrected chi connectivity index (χ1v) is 11.2. The predicted molar refractivity (Wildman–Crippen MR) is 125 cm³/mol. The van der Waals surface area contributed by atoms with E-state index >= 15 is 0 Å². The van der Waals surface area contributed by atoms with Gasteiger partial charge in [-0.3, -0.25) is 9.59 Å². The number of ether oxygens (including phenoxy) is 1. The molecule has 2 aromatic carbocycles. The standard InChI is InChI=1S/C26H36N2O3/c1-6-14-27-26(30)23(7-2)28(15-13-22-11-9-8-10-12-22)25(29)18-31-24-17-19(3)16-20(4)21(24)5/h8-12,16-17,23H,6-7,13-15,18H2,1-5H3,(H,27,30). The van der Waals surface area contributed by atoms with Crippen LogP contribution < -0.4 is 10.1 Å². The molecule has 0 spiro atoms. The maximum absolute atomic E-state index is 13.2. The number of carbonyl (C=O) groups excluding carboxylic acids is 2. The summed E-state index contributed by atoms with van der Waals surface area (Å²) in [5.41, 5.74) is 4.39. The summed E-state index contributed by atoms with van der Waals surface area (Å²) < 4.78 is 5.93. The van der Waals surface area contributed by atoms with E-state index in [1.54, 1.807) is 4.90 Å². The van der Waals surface area contributed by atoms with Gasteiger partial charge < -0.3 is 15.0 Å². The monoisotopic (exact) mass is 424 g/mol. The van der Waals surface area contributed by atoms with Crippen LogP contribution in [-0.4, -0.2) is 42.5 Å². The fourth-order valence-electron chi connectivity index (χ4n) is 3.64. The van der Waals surface area contributed by atoms with Crippen molar-refractivity contribution in [3.63, 3.8) is 0 Å². The lowest BCUT2D eigenvalue weighted by Gasteiger charge is -2.30. The lowest BCUT2D eigenvalue weighted by atomic mass is 10.1. The smallest absolute Gasteiger partial charge is 0.261 e. The van der Waals surface area contributed by atoms with Crippen LogP contribution in [0.4, 0.5) is 0 Å². The molecule has 31 heavy (non-hydrogen) atoms. The largest absolute Gasteiger partial charge is 0.483 e. The second kappa shape index (κ2) is 12.1. The zero-order valence-electron chi connectivity index (χ0n) is 19.5. The third-order valence-electron chi connectivity index (χ3n) is 5.53.